The zero-order chi connectivity index (χ0) is 11.3. The molecule has 0 aliphatic carbocycles. The minimum Gasteiger partial charge on any atom is -0.478 e. The van der Waals surface area contributed by atoms with Gasteiger partial charge in [0.15, 0.2) is 5.90 Å². The van der Waals surface area contributed by atoms with E-state index in [0.717, 1.165) is 0 Å². The quantitative estimate of drug-likeness (QED) is 0.661. The molecule has 88 valence electrons. The van der Waals surface area contributed by atoms with Crippen LogP contribution in [0, 0.1) is 0 Å². The third-order valence-corrected chi connectivity index (χ3v) is 4.46. The van der Waals surface area contributed by atoms with Crippen LogP contribution in [0.3, 0.4) is 0 Å². The number of hydrogen-bond donors (Lipinski definition) is 0. The molecule has 0 N–H and O–H groups in total. The molecule has 1 rings (SSSR count). The summed E-state index contributed by atoms with van der Waals surface area (Å²) >= 11 is 0. The topological polar surface area (TPSA) is 57.1 Å². The Morgan fingerprint density at radius 1 is 1.47 bits per heavy atom. The summed E-state index contributed by atoms with van der Waals surface area (Å²) in [5.41, 5.74) is -0.417. The molecule has 0 saturated carbocycles. The van der Waals surface area contributed by atoms with Crippen molar-refractivity contribution in [3.63, 3.8) is 0 Å². The molecule has 0 aromatic rings. The van der Waals surface area contributed by atoms with Gasteiger partial charge in [-0.2, -0.15) is 0 Å². The summed E-state index contributed by atoms with van der Waals surface area (Å²) in [5, 5.41) is 0. The second-order valence-corrected chi connectivity index (χ2v) is 5.49. The zero-order valence-electron chi connectivity index (χ0n) is 9.43. The van der Waals surface area contributed by atoms with E-state index in [-0.39, 0.29) is 0 Å². The van der Waals surface area contributed by atoms with Gasteiger partial charge in [0.1, 0.15) is 12.3 Å². The van der Waals surface area contributed by atoms with Crippen molar-refractivity contribution in [2.45, 2.75) is 26.4 Å². The molecule has 0 fully saturated rings. The van der Waals surface area contributed by atoms with Gasteiger partial charge in [-0.1, -0.05) is 0 Å². The predicted molar refractivity (Wildman–Crippen MR) is 58.6 cm³/mol. The van der Waals surface area contributed by atoms with E-state index in [2.05, 4.69) is 4.99 Å². The molecule has 1 aliphatic heterocycles. The SMILES string of the molecule is CCOP(=O)(OCC)C(C)C1=NCCO1. The van der Waals surface area contributed by atoms with Crippen molar-refractivity contribution >= 4 is 13.5 Å². The first kappa shape index (κ1) is 12.7. The van der Waals surface area contributed by atoms with Crippen molar-refractivity contribution in [3.05, 3.63) is 0 Å². The van der Waals surface area contributed by atoms with Gasteiger partial charge >= 0.3 is 7.60 Å². The summed E-state index contributed by atoms with van der Waals surface area (Å²) in [4.78, 5) is 4.13. The second kappa shape index (κ2) is 5.64. The standard InChI is InChI=1S/C9H18NO4P/c1-4-13-15(11,14-5-2)8(3)9-10-6-7-12-9/h8H,4-7H2,1-3H3. The summed E-state index contributed by atoms with van der Waals surface area (Å²) in [6.07, 6.45) is 0. The number of aliphatic imine (C=N–C) groups is 1. The fourth-order valence-electron chi connectivity index (χ4n) is 1.36. The largest absolute Gasteiger partial charge is 0.478 e. The van der Waals surface area contributed by atoms with Crippen molar-refractivity contribution in [2.24, 2.45) is 4.99 Å². The van der Waals surface area contributed by atoms with Gasteiger partial charge in [0, 0.05) is 0 Å². The Morgan fingerprint density at radius 2 is 2.07 bits per heavy atom. The van der Waals surface area contributed by atoms with E-state index in [4.69, 9.17) is 13.8 Å². The number of ether oxygens (including phenoxy) is 1. The lowest BCUT2D eigenvalue weighted by Gasteiger charge is -2.22. The lowest BCUT2D eigenvalue weighted by atomic mass is 10.5. The van der Waals surface area contributed by atoms with Crippen molar-refractivity contribution in [1.29, 1.82) is 0 Å². The Hall–Kier alpha value is -0.380. The van der Waals surface area contributed by atoms with Crippen LogP contribution in [0.2, 0.25) is 0 Å². The average molecular weight is 235 g/mol. The smallest absolute Gasteiger partial charge is 0.342 e. The molecule has 0 saturated heterocycles. The molecule has 0 amide bonds. The van der Waals surface area contributed by atoms with E-state index in [1.54, 1.807) is 20.8 Å². The molecular weight excluding hydrogens is 217 g/mol. The highest BCUT2D eigenvalue weighted by molar-refractivity contribution is 7.55. The minimum absolute atomic E-state index is 0.356. The van der Waals surface area contributed by atoms with Gasteiger partial charge in [0.2, 0.25) is 0 Å². The number of hydrogen-bond acceptors (Lipinski definition) is 5. The molecule has 0 radical (unpaired) electrons. The lowest BCUT2D eigenvalue weighted by Crippen LogP contribution is -2.20. The van der Waals surface area contributed by atoms with Gasteiger partial charge in [0.05, 0.1) is 19.8 Å². The molecule has 15 heavy (non-hydrogen) atoms. The Bertz CT molecular complexity index is 269. The highest BCUT2D eigenvalue weighted by atomic mass is 31.2. The summed E-state index contributed by atoms with van der Waals surface area (Å²) in [6, 6.07) is 0. The molecule has 0 bridgehead atoms. The van der Waals surface area contributed by atoms with Crippen LogP contribution >= 0.6 is 7.60 Å². The molecule has 6 heteroatoms. The van der Waals surface area contributed by atoms with Gasteiger partial charge < -0.3 is 13.8 Å². The highest BCUT2D eigenvalue weighted by Gasteiger charge is 2.37. The van der Waals surface area contributed by atoms with Gasteiger partial charge in [-0.25, -0.2) is 0 Å². The van der Waals surface area contributed by atoms with E-state index in [0.29, 0.717) is 32.3 Å². The van der Waals surface area contributed by atoms with Crippen LogP contribution in [0.1, 0.15) is 20.8 Å². The monoisotopic (exact) mass is 235 g/mol. The average Bonchev–Trinajstić information content (AvgIpc) is 2.70. The molecule has 1 unspecified atom stereocenters. The molecular formula is C9H18NO4P. The summed E-state index contributed by atoms with van der Waals surface area (Å²) < 4.78 is 28.0. The molecule has 1 atom stereocenters. The van der Waals surface area contributed by atoms with Crippen LogP contribution in [-0.2, 0) is 18.3 Å². The van der Waals surface area contributed by atoms with Gasteiger partial charge in [0.25, 0.3) is 0 Å². The maximum absolute atomic E-state index is 12.3. The van der Waals surface area contributed by atoms with E-state index in [1.165, 1.54) is 0 Å². The van der Waals surface area contributed by atoms with Crippen LogP contribution in [0.25, 0.3) is 0 Å². The molecule has 1 heterocycles. The Morgan fingerprint density at radius 3 is 2.47 bits per heavy atom. The van der Waals surface area contributed by atoms with Crippen molar-refractivity contribution in [1.82, 2.24) is 0 Å². The van der Waals surface area contributed by atoms with Crippen molar-refractivity contribution in [3.8, 4) is 0 Å². The van der Waals surface area contributed by atoms with Crippen molar-refractivity contribution in [2.75, 3.05) is 26.4 Å². The van der Waals surface area contributed by atoms with E-state index in [9.17, 15) is 4.57 Å². The third kappa shape index (κ3) is 3.03. The Kier molecular flexibility index (Phi) is 4.77. The Balaban J connectivity index is 2.74. The first-order valence-corrected chi connectivity index (χ1v) is 6.81. The molecule has 1 aliphatic rings. The predicted octanol–water partition coefficient (Wildman–Crippen LogP) is 2.07. The Labute approximate surface area is 90.4 Å². The van der Waals surface area contributed by atoms with Crippen LogP contribution < -0.4 is 0 Å². The normalized spacial score (nSPS) is 18.5. The van der Waals surface area contributed by atoms with Crippen LogP contribution in [-0.4, -0.2) is 37.9 Å². The van der Waals surface area contributed by atoms with Crippen LogP contribution in [0.4, 0.5) is 0 Å². The van der Waals surface area contributed by atoms with E-state index >= 15 is 0 Å². The van der Waals surface area contributed by atoms with Crippen LogP contribution in [0.15, 0.2) is 4.99 Å². The van der Waals surface area contributed by atoms with Gasteiger partial charge in [-0.05, 0) is 20.8 Å². The maximum Gasteiger partial charge on any atom is 0.342 e. The van der Waals surface area contributed by atoms with E-state index < -0.39 is 13.3 Å². The van der Waals surface area contributed by atoms with Gasteiger partial charge in [-0.15, -0.1) is 0 Å². The molecule has 5 nitrogen and oxygen atoms in total. The third-order valence-electron chi connectivity index (χ3n) is 2.06. The second-order valence-electron chi connectivity index (χ2n) is 3.12. The van der Waals surface area contributed by atoms with Gasteiger partial charge in [-0.3, -0.25) is 9.56 Å². The number of nitrogens with zero attached hydrogens (tertiary/aromatic N) is 1. The van der Waals surface area contributed by atoms with Crippen LogP contribution in [0.5, 0.6) is 0 Å². The minimum atomic E-state index is -3.12. The maximum atomic E-state index is 12.3. The molecule has 0 spiro atoms. The summed E-state index contributed by atoms with van der Waals surface area (Å²) in [6.45, 7) is 7.22. The first-order chi connectivity index (χ1) is 7.14. The number of rotatable bonds is 6. The van der Waals surface area contributed by atoms with Crippen molar-refractivity contribution < 1.29 is 18.3 Å². The summed E-state index contributed by atoms with van der Waals surface area (Å²) in [7, 11) is -3.12. The zero-order valence-corrected chi connectivity index (χ0v) is 10.3. The lowest BCUT2D eigenvalue weighted by molar-refractivity contribution is 0.215. The fourth-order valence-corrected chi connectivity index (χ4v) is 3.03. The van der Waals surface area contributed by atoms with E-state index in [1.807, 2.05) is 0 Å². The molecule has 0 aromatic carbocycles. The highest BCUT2D eigenvalue weighted by Crippen LogP contribution is 2.53. The fraction of sp³-hybridized carbons (Fsp3) is 0.889. The summed E-state index contributed by atoms with van der Waals surface area (Å²) in [5.74, 6) is 0.486. The molecule has 0 aromatic heterocycles. The first-order valence-electron chi connectivity index (χ1n) is 5.20.